The van der Waals surface area contributed by atoms with Gasteiger partial charge in [-0.05, 0) is 43.5 Å². The minimum atomic E-state index is -4.56. The van der Waals surface area contributed by atoms with Crippen LogP contribution in [0.2, 0.25) is 0 Å². The highest BCUT2D eigenvalue weighted by Crippen LogP contribution is 2.48. The van der Waals surface area contributed by atoms with Gasteiger partial charge in [-0.15, -0.1) is 0 Å². The van der Waals surface area contributed by atoms with E-state index in [9.17, 15) is 13.2 Å². The molecule has 0 saturated heterocycles. The highest BCUT2D eigenvalue weighted by Gasteiger charge is 2.62. The Hall–Kier alpha value is -2.30. The maximum absolute atomic E-state index is 13.9. The standard InChI is InChI=1S/C19H18F3NO/c1-12-5-4-6-16(9-12)18(19(20,21)22)11-17(23-24-18)15-8-7-13(2)14(3)10-15/h4-10H,11H2,1-3H3. The van der Waals surface area contributed by atoms with E-state index in [0.29, 0.717) is 11.3 Å². The van der Waals surface area contributed by atoms with Crippen LogP contribution in [0.5, 0.6) is 0 Å². The molecule has 0 aromatic heterocycles. The lowest BCUT2D eigenvalue weighted by Gasteiger charge is -2.29. The highest BCUT2D eigenvalue weighted by molar-refractivity contribution is 6.02. The molecule has 0 N–H and O–H groups in total. The number of aryl methyl sites for hydroxylation is 3. The third-order valence-electron chi connectivity index (χ3n) is 4.51. The molecule has 3 rings (SSSR count). The second-order valence-electron chi connectivity index (χ2n) is 6.30. The Morgan fingerprint density at radius 2 is 1.75 bits per heavy atom. The number of hydrogen-bond donors (Lipinski definition) is 0. The van der Waals surface area contributed by atoms with E-state index in [1.807, 2.05) is 26.0 Å². The van der Waals surface area contributed by atoms with Crippen LogP contribution < -0.4 is 0 Å². The number of rotatable bonds is 2. The van der Waals surface area contributed by atoms with E-state index in [1.54, 1.807) is 25.1 Å². The molecule has 24 heavy (non-hydrogen) atoms. The first-order chi connectivity index (χ1) is 11.2. The minimum Gasteiger partial charge on any atom is -0.374 e. The summed E-state index contributed by atoms with van der Waals surface area (Å²) >= 11 is 0. The summed E-state index contributed by atoms with van der Waals surface area (Å²) in [7, 11) is 0. The summed E-state index contributed by atoms with van der Waals surface area (Å²) in [5.41, 5.74) is 1.48. The van der Waals surface area contributed by atoms with Gasteiger partial charge in [-0.3, -0.25) is 0 Å². The van der Waals surface area contributed by atoms with Crippen LogP contribution in [-0.2, 0) is 10.4 Å². The summed E-state index contributed by atoms with van der Waals surface area (Å²) < 4.78 is 41.6. The largest absolute Gasteiger partial charge is 0.435 e. The summed E-state index contributed by atoms with van der Waals surface area (Å²) in [6.07, 6.45) is -4.89. The molecule has 0 bridgehead atoms. The fraction of sp³-hybridized carbons (Fsp3) is 0.316. The molecule has 1 atom stereocenters. The minimum absolute atomic E-state index is 0.0811. The van der Waals surface area contributed by atoms with Gasteiger partial charge in [0.25, 0.3) is 5.60 Å². The van der Waals surface area contributed by atoms with Crippen molar-refractivity contribution in [2.45, 2.75) is 39.0 Å². The predicted molar refractivity (Wildman–Crippen MR) is 87.1 cm³/mol. The normalized spacial score (nSPS) is 20.7. The van der Waals surface area contributed by atoms with Crippen LogP contribution >= 0.6 is 0 Å². The second kappa shape index (κ2) is 5.65. The van der Waals surface area contributed by atoms with Gasteiger partial charge in [0.15, 0.2) is 0 Å². The van der Waals surface area contributed by atoms with Crippen LogP contribution in [0.25, 0.3) is 0 Å². The van der Waals surface area contributed by atoms with Crippen molar-refractivity contribution in [2.75, 3.05) is 0 Å². The zero-order valence-corrected chi connectivity index (χ0v) is 13.7. The monoisotopic (exact) mass is 333 g/mol. The summed E-state index contributed by atoms with van der Waals surface area (Å²) in [5.74, 6) is 0. The smallest absolute Gasteiger partial charge is 0.374 e. The van der Waals surface area contributed by atoms with Crippen LogP contribution in [0.4, 0.5) is 13.2 Å². The summed E-state index contributed by atoms with van der Waals surface area (Å²) in [5, 5.41) is 3.80. The van der Waals surface area contributed by atoms with Gasteiger partial charge in [0.05, 0.1) is 5.71 Å². The molecule has 5 heteroatoms. The molecular weight excluding hydrogens is 315 g/mol. The molecule has 1 aliphatic rings. The Kier molecular flexibility index (Phi) is 3.90. The topological polar surface area (TPSA) is 21.6 Å². The molecule has 1 unspecified atom stereocenters. The lowest BCUT2D eigenvalue weighted by atomic mass is 9.85. The molecule has 1 heterocycles. The summed E-state index contributed by atoms with van der Waals surface area (Å²) in [6, 6.07) is 11.8. The third-order valence-corrected chi connectivity index (χ3v) is 4.51. The first kappa shape index (κ1) is 16.6. The van der Waals surface area contributed by atoms with E-state index in [2.05, 4.69) is 5.16 Å². The molecule has 0 fully saturated rings. The Labute approximate surface area is 138 Å². The molecule has 0 spiro atoms. The van der Waals surface area contributed by atoms with Gasteiger partial charge in [-0.25, -0.2) is 0 Å². The average Bonchev–Trinajstić information content (AvgIpc) is 2.96. The number of nitrogens with zero attached hydrogens (tertiary/aromatic N) is 1. The van der Waals surface area contributed by atoms with Crippen LogP contribution in [0.1, 0.15) is 34.2 Å². The van der Waals surface area contributed by atoms with Crippen molar-refractivity contribution >= 4 is 5.71 Å². The number of halogens is 3. The number of hydrogen-bond acceptors (Lipinski definition) is 2. The molecule has 0 aliphatic carbocycles. The van der Waals surface area contributed by atoms with Gasteiger partial charge >= 0.3 is 6.18 Å². The van der Waals surface area contributed by atoms with Gasteiger partial charge in [0.1, 0.15) is 0 Å². The maximum Gasteiger partial charge on any atom is 0.435 e. The quantitative estimate of drug-likeness (QED) is 0.741. The molecule has 0 saturated carbocycles. The SMILES string of the molecule is Cc1cccc(C2(C(F)(F)F)CC(c3ccc(C)c(C)c3)=NO2)c1. The number of alkyl halides is 3. The van der Waals surface area contributed by atoms with E-state index in [4.69, 9.17) is 4.84 Å². The molecule has 2 aromatic carbocycles. The highest BCUT2D eigenvalue weighted by atomic mass is 19.4. The lowest BCUT2D eigenvalue weighted by Crippen LogP contribution is -2.42. The molecule has 2 nitrogen and oxygen atoms in total. The molecule has 0 amide bonds. The van der Waals surface area contributed by atoms with Crippen LogP contribution in [0.15, 0.2) is 47.6 Å². The molecule has 126 valence electrons. The van der Waals surface area contributed by atoms with Crippen molar-refractivity contribution in [2.24, 2.45) is 5.16 Å². The first-order valence-electron chi connectivity index (χ1n) is 7.69. The van der Waals surface area contributed by atoms with Crippen molar-refractivity contribution in [3.63, 3.8) is 0 Å². The van der Waals surface area contributed by atoms with E-state index in [-0.39, 0.29) is 12.0 Å². The van der Waals surface area contributed by atoms with E-state index >= 15 is 0 Å². The van der Waals surface area contributed by atoms with Crippen molar-refractivity contribution in [1.82, 2.24) is 0 Å². The van der Waals surface area contributed by atoms with E-state index in [0.717, 1.165) is 16.7 Å². The third kappa shape index (κ3) is 2.68. The summed E-state index contributed by atoms with van der Waals surface area (Å²) in [4.78, 5) is 5.05. The average molecular weight is 333 g/mol. The second-order valence-corrected chi connectivity index (χ2v) is 6.30. The maximum atomic E-state index is 13.9. The van der Waals surface area contributed by atoms with Gasteiger partial charge in [-0.2, -0.15) is 13.2 Å². The van der Waals surface area contributed by atoms with Crippen LogP contribution in [0, 0.1) is 20.8 Å². The Bertz CT molecular complexity index is 810. The van der Waals surface area contributed by atoms with E-state index in [1.165, 1.54) is 12.1 Å². The van der Waals surface area contributed by atoms with E-state index < -0.39 is 11.8 Å². The molecule has 1 aliphatic heterocycles. The van der Waals surface area contributed by atoms with Crippen molar-refractivity contribution in [3.05, 3.63) is 70.3 Å². The van der Waals surface area contributed by atoms with Gasteiger partial charge in [0.2, 0.25) is 0 Å². The van der Waals surface area contributed by atoms with Gasteiger partial charge in [-0.1, -0.05) is 47.1 Å². The fourth-order valence-corrected chi connectivity index (χ4v) is 2.88. The van der Waals surface area contributed by atoms with Crippen molar-refractivity contribution in [3.8, 4) is 0 Å². The molecule has 2 aromatic rings. The summed E-state index contributed by atoms with van der Waals surface area (Å²) in [6.45, 7) is 5.64. The first-order valence-corrected chi connectivity index (χ1v) is 7.69. The fourth-order valence-electron chi connectivity index (χ4n) is 2.88. The predicted octanol–water partition coefficient (Wildman–Crippen LogP) is 5.19. The zero-order chi connectivity index (χ0) is 17.5. The van der Waals surface area contributed by atoms with Crippen LogP contribution in [0.3, 0.4) is 0 Å². The number of oxime groups is 1. The Balaban J connectivity index is 2.02. The molecule has 0 radical (unpaired) electrons. The Morgan fingerprint density at radius 3 is 2.38 bits per heavy atom. The van der Waals surface area contributed by atoms with Gasteiger partial charge < -0.3 is 4.84 Å². The zero-order valence-electron chi connectivity index (χ0n) is 13.7. The molecular formula is C19H18F3NO. The lowest BCUT2D eigenvalue weighted by molar-refractivity contribution is -0.275. The van der Waals surface area contributed by atoms with Crippen LogP contribution in [-0.4, -0.2) is 11.9 Å². The van der Waals surface area contributed by atoms with Crippen molar-refractivity contribution < 1.29 is 18.0 Å². The number of benzene rings is 2. The van der Waals surface area contributed by atoms with Crippen molar-refractivity contribution in [1.29, 1.82) is 0 Å². The Morgan fingerprint density at radius 1 is 1.00 bits per heavy atom. The van der Waals surface area contributed by atoms with Gasteiger partial charge in [0, 0.05) is 12.0 Å².